The van der Waals surface area contributed by atoms with Gasteiger partial charge in [0, 0.05) is 14.1 Å². The highest BCUT2D eigenvalue weighted by atomic mass is 32.2. The molecule has 29 heavy (non-hydrogen) atoms. The van der Waals surface area contributed by atoms with Gasteiger partial charge < -0.3 is 0 Å². The van der Waals surface area contributed by atoms with E-state index >= 15 is 0 Å². The van der Waals surface area contributed by atoms with Crippen LogP contribution >= 0.6 is 0 Å². The molecule has 6 nitrogen and oxygen atoms in total. The molecule has 0 aliphatic rings. The number of aryl methyl sites for hydroxylation is 2. The van der Waals surface area contributed by atoms with E-state index in [4.69, 9.17) is 8.37 Å². The molecule has 0 amide bonds. The van der Waals surface area contributed by atoms with Crippen LogP contribution in [0.15, 0.2) is 67.0 Å². The van der Waals surface area contributed by atoms with Crippen molar-refractivity contribution in [3.63, 3.8) is 0 Å². The standard InChI is InChI=1S/C21H30N2O4S2/c1-18-8-12-20(13-9-18)28(24,22-3)26-16-6-5-7-17-27-29(25,23-4)21-14-10-19(2)11-15-21/h8-15H,5-7,16-17H2,1-4H3. The maximum atomic E-state index is 12.8. The third-order valence-corrected chi connectivity index (χ3v) is 8.06. The van der Waals surface area contributed by atoms with Crippen molar-refractivity contribution in [3.05, 3.63) is 59.7 Å². The summed E-state index contributed by atoms with van der Waals surface area (Å²) in [6, 6.07) is 14.7. The highest BCUT2D eigenvalue weighted by Crippen LogP contribution is 2.18. The van der Waals surface area contributed by atoms with E-state index in [1.54, 1.807) is 24.3 Å². The van der Waals surface area contributed by atoms with Crippen LogP contribution in [0, 0.1) is 13.8 Å². The van der Waals surface area contributed by atoms with Crippen LogP contribution in [-0.2, 0) is 28.4 Å². The summed E-state index contributed by atoms with van der Waals surface area (Å²) in [7, 11) is -2.69. The average molecular weight is 439 g/mol. The Hall–Kier alpha value is -1.74. The molecule has 2 atom stereocenters. The lowest BCUT2D eigenvalue weighted by Gasteiger charge is -2.12. The third kappa shape index (κ3) is 6.64. The fraction of sp³-hybridized carbons (Fsp3) is 0.429. The number of nitrogens with zero attached hydrogens (tertiary/aromatic N) is 2. The zero-order valence-electron chi connectivity index (χ0n) is 17.5. The lowest BCUT2D eigenvalue weighted by atomic mass is 10.2. The summed E-state index contributed by atoms with van der Waals surface area (Å²) in [4.78, 5) is 1.16. The topological polar surface area (TPSA) is 77.3 Å². The van der Waals surface area contributed by atoms with Gasteiger partial charge in [-0.25, -0.2) is 17.1 Å². The van der Waals surface area contributed by atoms with E-state index in [-0.39, 0.29) is 0 Å². The maximum absolute atomic E-state index is 12.8. The number of hydrogen-bond donors (Lipinski definition) is 0. The Morgan fingerprint density at radius 3 is 1.31 bits per heavy atom. The molecule has 0 saturated heterocycles. The second-order valence-corrected chi connectivity index (χ2v) is 10.7. The van der Waals surface area contributed by atoms with Crippen molar-refractivity contribution in [1.29, 1.82) is 0 Å². The normalized spacial score (nSPS) is 15.3. The van der Waals surface area contributed by atoms with Crippen molar-refractivity contribution in [1.82, 2.24) is 0 Å². The van der Waals surface area contributed by atoms with Gasteiger partial charge >= 0.3 is 0 Å². The summed E-state index contributed by atoms with van der Waals surface area (Å²) in [6.45, 7) is 4.60. The van der Waals surface area contributed by atoms with Crippen molar-refractivity contribution >= 4 is 20.0 Å². The van der Waals surface area contributed by atoms with Crippen LogP contribution in [0.2, 0.25) is 0 Å². The second-order valence-electron chi connectivity index (χ2n) is 6.65. The molecule has 2 aromatic carbocycles. The highest BCUT2D eigenvalue weighted by molar-refractivity contribution is 7.89. The Morgan fingerprint density at radius 2 is 1.00 bits per heavy atom. The highest BCUT2D eigenvalue weighted by Gasteiger charge is 2.13. The Kier molecular flexibility index (Phi) is 8.82. The van der Waals surface area contributed by atoms with E-state index in [2.05, 4.69) is 8.73 Å². The van der Waals surface area contributed by atoms with Gasteiger partial charge in [0.05, 0.1) is 23.0 Å². The van der Waals surface area contributed by atoms with Gasteiger partial charge in [-0.15, -0.1) is 0 Å². The Balaban J connectivity index is 1.78. The first kappa shape index (κ1) is 23.5. The molecule has 2 aromatic rings. The lowest BCUT2D eigenvalue weighted by molar-refractivity contribution is 0.300. The molecule has 0 aromatic heterocycles. The van der Waals surface area contributed by atoms with Gasteiger partial charge in [-0.1, -0.05) is 35.4 Å². The van der Waals surface area contributed by atoms with Crippen LogP contribution in [0.3, 0.4) is 0 Å². The second kappa shape index (κ2) is 10.9. The first-order valence-corrected chi connectivity index (χ1v) is 12.4. The molecule has 0 aliphatic carbocycles. The number of unbranched alkanes of at least 4 members (excludes halogenated alkanes) is 2. The average Bonchev–Trinajstić information content (AvgIpc) is 2.73. The molecule has 2 unspecified atom stereocenters. The molecule has 0 bridgehead atoms. The van der Waals surface area contributed by atoms with Gasteiger partial charge in [-0.3, -0.25) is 8.37 Å². The van der Waals surface area contributed by atoms with Gasteiger partial charge in [0.2, 0.25) is 0 Å². The smallest absolute Gasteiger partial charge is 0.193 e. The van der Waals surface area contributed by atoms with E-state index in [0.717, 1.165) is 17.5 Å². The number of benzene rings is 2. The SMILES string of the molecule is CN=S(=O)(OCCCCCOS(=O)(=NC)c1ccc(C)cc1)c1ccc(C)cc1. The van der Waals surface area contributed by atoms with Gasteiger partial charge in [-0.05, 0) is 57.4 Å². The first-order chi connectivity index (χ1) is 13.8. The summed E-state index contributed by atoms with van der Waals surface area (Å²) in [6.07, 6.45) is 2.20. The largest absolute Gasteiger partial charge is 0.281 e. The Morgan fingerprint density at radius 1 is 0.655 bits per heavy atom. The molecule has 8 heteroatoms. The van der Waals surface area contributed by atoms with Crippen LogP contribution in [0.5, 0.6) is 0 Å². The fourth-order valence-electron chi connectivity index (χ4n) is 2.60. The maximum Gasteiger partial charge on any atom is 0.193 e. The summed E-state index contributed by atoms with van der Waals surface area (Å²) in [5, 5.41) is 0. The first-order valence-electron chi connectivity index (χ1n) is 9.55. The van der Waals surface area contributed by atoms with Crippen molar-refractivity contribution in [2.45, 2.75) is 42.9 Å². The monoisotopic (exact) mass is 438 g/mol. The van der Waals surface area contributed by atoms with Crippen molar-refractivity contribution < 1.29 is 16.8 Å². The molecule has 0 heterocycles. The van der Waals surface area contributed by atoms with E-state index in [9.17, 15) is 8.42 Å². The quantitative estimate of drug-likeness (QED) is 0.492. The van der Waals surface area contributed by atoms with Gasteiger partial charge in [0.15, 0.2) is 20.0 Å². The molecule has 0 N–H and O–H groups in total. The number of hydrogen-bond acceptors (Lipinski definition) is 6. The van der Waals surface area contributed by atoms with Crippen LogP contribution in [0.1, 0.15) is 30.4 Å². The molecule has 0 aliphatic heterocycles. The molecule has 160 valence electrons. The summed E-state index contributed by atoms with van der Waals surface area (Å²) in [5.41, 5.74) is 2.18. The van der Waals surface area contributed by atoms with Gasteiger partial charge in [-0.2, -0.15) is 0 Å². The molecular weight excluding hydrogens is 408 g/mol. The molecule has 0 radical (unpaired) electrons. The minimum absolute atomic E-state index is 0.329. The van der Waals surface area contributed by atoms with Crippen LogP contribution in [0.4, 0.5) is 0 Å². The van der Waals surface area contributed by atoms with Crippen LogP contribution in [0.25, 0.3) is 0 Å². The number of rotatable bonds is 10. The summed E-state index contributed by atoms with van der Waals surface area (Å²) < 4.78 is 44.8. The third-order valence-electron chi connectivity index (χ3n) is 4.39. The van der Waals surface area contributed by atoms with E-state index in [1.807, 2.05) is 38.1 Å². The van der Waals surface area contributed by atoms with E-state index < -0.39 is 20.0 Å². The zero-order chi connectivity index (χ0) is 21.3. The predicted molar refractivity (Wildman–Crippen MR) is 118 cm³/mol. The molecule has 2 rings (SSSR count). The van der Waals surface area contributed by atoms with Gasteiger partial charge in [0.1, 0.15) is 0 Å². The van der Waals surface area contributed by atoms with E-state index in [0.29, 0.717) is 35.8 Å². The molecular formula is C21H30N2O4S2. The Labute approximate surface area is 175 Å². The lowest BCUT2D eigenvalue weighted by Crippen LogP contribution is -2.09. The van der Waals surface area contributed by atoms with Crippen molar-refractivity contribution in [2.75, 3.05) is 27.3 Å². The summed E-state index contributed by atoms with van der Waals surface area (Å²) >= 11 is 0. The molecule has 0 saturated carbocycles. The van der Waals surface area contributed by atoms with Crippen molar-refractivity contribution in [3.8, 4) is 0 Å². The van der Waals surface area contributed by atoms with Gasteiger partial charge in [0.25, 0.3) is 0 Å². The fourth-order valence-corrected chi connectivity index (χ4v) is 5.15. The van der Waals surface area contributed by atoms with E-state index in [1.165, 1.54) is 14.1 Å². The van der Waals surface area contributed by atoms with Crippen molar-refractivity contribution in [2.24, 2.45) is 8.73 Å². The minimum Gasteiger partial charge on any atom is -0.281 e. The summed E-state index contributed by atoms with van der Waals surface area (Å²) in [5.74, 6) is 0. The van der Waals surface area contributed by atoms with Crippen LogP contribution < -0.4 is 0 Å². The molecule has 0 spiro atoms. The Bertz CT molecular complexity index is 932. The predicted octanol–water partition coefficient (Wildman–Crippen LogP) is 4.95. The molecule has 0 fully saturated rings. The minimum atomic E-state index is -2.85. The van der Waals surface area contributed by atoms with Crippen LogP contribution in [-0.4, -0.2) is 35.7 Å². The zero-order valence-corrected chi connectivity index (χ0v) is 19.1.